The van der Waals surface area contributed by atoms with Gasteiger partial charge in [-0.3, -0.25) is 0 Å². The van der Waals surface area contributed by atoms with Crippen molar-refractivity contribution in [3.8, 4) is 11.1 Å². The van der Waals surface area contributed by atoms with Gasteiger partial charge in [-0.15, -0.1) is 0 Å². The number of nitrogens with zero attached hydrogens (tertiary/aromatic N) is 4. The van der Waals surface area contributed by atoms with Gasteiger partial charge in [0, 0.05) is 49.9 Å². The normalized spacial score (nSPS) is 14.9. The number of piperazine rings is 1. The van der Waals surface area contributed by atoms with E-state index in [1.54, 1.807) is 6.07 Å². The summed E-state index contributed by atoms with van der Waals surface area (Å²) < 4.78 is 66.4. The van der Waals surface area contributed by atoms with E-state index in [1.165, 1.54) is 22.3 Å². The van der Waals surface area contributed by atoms with Crippen LogP contribution >= 0.6 is 0 Å². The molecule has 0 aliphatic carbocycles. The summed E-state index contributed by atoms with van der Waals surface area (Å²) in [5, 5.41) is 16.2. The number of aromatic nitrogens is 2. The predicted molar refractivity (Wildman–Crippen MR) is 148 cm³/mol. The molecule has 0 radical (unpaired) electrons. The fraction of sp³-hybridized carbons (Fsp3) is 0.370. The van der Waals surface area contributed by atoms with Crippen molar-refractivity contribution in [2.75, 3.05) is 43.9 Å². The van der Waals surface area contributed by atoms with Gasteiger partial charge in [-0.25, -0.2) is 27.0 Å². The fourth-order valence-corrected chi connectivity index (χ4v) is 5.87. The van der Waals surface area contributed by atoms with E-state index >= 15 is 0 Å². The maximum atomic E-state index is 13.1. The third-order valence-corrected chi connectivity index (χ3v) is 8.15. The Morgan fingerprint density at radius 3 is 2.05 bits per heavy atom. The molecule has 0 amide bonds. The molecule has 0 atom stereocenters. The number of carboxylic acid groups (broad SMARTS) is 2. The number of likely N-dealkylation sites (N-methyl/N-ethyl adjacent to an activating group) is 1. The minimum Gasteiger partial charge on any atom is -0.478 e. The number of carboxylic acids is 2. The topological polar surface area (TPSA) is 133 Å². The maximum absolute atomic E-state index is 13.1. The van der Waals surface area contributed by atoms with Gasteiger partial charge < -0.3 is 20.0 Å². The van der Waals surface area contributed by atoms with Crippen molar-refractivity contribution in [2.24, 2.45) is 5.92 Å². The quantitative estimate of drug-likeness (QED) is 0.388. The maximum Gasteiger partial charge on any atom is 0.416 e. The van der Waals surface area contributed by atoms with Crippen LogP contribution in [0.25, 0.3) is 22.2 Å². The van der Waals surface area contributed by atoms with E-state index in [4.69, 9.17) is 15.2 Å². The Hall–Kier alpha value is -3.91. The van der Waals surface area contributed by atoms with Gasteiger partial charge in [0.2, 0.25) is 10.0 Å². The fourth-order valence-electron chi connectivity index (χ4n) is 4.22. The summed E-state index contributed by atoms with van der Waals surface area (Å²) in [6, 6.07) is 8.44. The molecule has 0 unspecified atom stereocenters. The number of hydrogen-bond donors (Lipinski definition) is 2. The Morgan fingerprint density at radius 2 is 1.56 bits per heavy atom. The zero-order valence-corrected chi connectivity index (χ0v) is 23.5. The highest BCUT2D eigenvalue weighted by Crippen LogP contribution is 2.35. The molecule has 1 aromatic carbocycles. The predicted octanol–water partition coefficient (Wildman–Crippen LogP) is 4.02. The lowest BCUT2D eigenvalue weighted by molar-refractivity contribution is -0.137. The summed E-state index contributed by atoms with van der Waals surface area (Å²) in [6.45, 7) is 6.78. The largest absolute Gasteiger partial charge is 0.478 e. The molecule has 41 heavy (non-hydrogen) atoms. The average Bonchev–Trinajstić information content (AvgIpc) is 3.32. The molecular weight excluding hydrogens is 565 g/mol. The van der Waals surface area contributed by atoms with E-state index in [0.29, 0.717) is 40.1 Å². The second kappa shape index (κ2) is 12.7. The Balaban J connectivity index is 0.000000507. The molecule has 0 spiro atoms. The first kappa shape index (κ1) is 31.6. The highest BCUT2D eigenvalue weighted by Gasteiger charge is 2.30. The number of anilines is 1. The van der Waals surface area contributed by atoms with Gasteiger partial charge in [0.15, 0.2) is 5.65 Å². The van der Waals surface area contributed by atoms with Gasteiger partial charge in [0.1, 0.15) is 5.82 Å². The van der Waals surface area contributed by atoms with Gasteiger partial charge in [-0.05, 0) is 48.4 Å². The van der Waals surface area contributed by atoms with Crippen molar-refractivity contribution >= 4 is 38.8 Å². The molecule has 0 bridgehead atoms. The number of halogens is 3. The first-order chi connectivity index (χ1) is 19.1. The summed E-state index contributed by atoms with van der Waals surface area (Å²) in [7, 11) is -1.61. The van der Waals surface area contributed by atoms with Gasteiger partial charge in [-0.1, -0.05) is 26.0 Å². The second-order valence-electron chi connectivity index (χ2n) is 9.92. The number of alkyl halides is 3. The highest BCUT2D eigenvalue weighted by molar-refractivity contribution is 7.90. The molecular formula is C27H31F3N4O6S. The number of aliphatic carboxylic acids is 2. The molecule has 1 aliphatic rings. The van der Waals surface area contributed by atoms with E-state index in [9.17, 15) is 31.2 Å². The number of rotatable bonds is 7. The molecule has 222 valence electrons. The molecule has 10 nitrogen and oxygen atoms in total. The third-order valence-electron chi connectivity index (χ3n) is 6.17. The van der Waals surface area contributed by atoms with Crippen molar-refractivity contribution in [1.82, 2.24) is 13.9 Å². The summed E-state index contributed by atoms with van der Waals surface area (Å²) in [6.07, 6.45) is -1.83. The van der Waals surface area contributed by atoms with Crippen LogP contribution in [0.3, 0.4) is 0 Å². The summed E-state index contributed by atoms with van der Waals surface area (Å²) >= 11 is 0. The Morgan fingerprint density at radius 1 is 1.00 bits per heavy atom. The van der Waals surface area contributed by atoms with Crippen molar-refractivity contribution in [2.45, 2.75) is 20.0 Å². The van der Waals surface area contributed by atoms with Crippen LogP contribution in [0.4, 0.5) is 19.0 Å². The third kappa shape index (κ3) is 8.30. The van der Waals surface area contributed by atoms with Crippen LogP contribution in [0.15, 0.2) is 54.7 Å². The number of pyridine rings is 1. The van der Waals surface area contributed by atoms with Gasteiger partial charge in [0.25, 0.3) is 0 Å². The monoisotopic (exact) mass is 596 g/mol. The highest BCUT2D eigenvalue weighted by atomic mass is 32.2. The van der Waals surface area contributed by atoms with Crippen LogP contribution in [0.1, 0.15) is 19.4 Å². The van der Waals surface area contributed by atoms with Crippen molar-refractivity contribution in [3.05, 3.63) is 60.3 Å². The zero-order valence-electron chi connectivity index (χ0n) is 22.7. The molecule has 1 saturated heterocycles. The molecule has 2 N–H and O–H groups in total. The minimum atomic E-state index is -4.43. The van der Waals surface area contributed by atoms with Crippen molar-refractivity contribution in [3.63, 3.8) is 0 Å². The molecule has 3 heterocycles. The lowest BCUT2D eigenvalue weighted by atomic mass is 10.0. The molecule has 2 aromatic heterocycles. The van der Waals surface area contributed by atoms with E-state index in [2.05, 4.69) is 9.80 Å². The van der Waals surface area contributed by atoms with Crippen LogP contribution in [0.2, 0.25) is 0 Å². The number of fused-ring (bicyclic) bond motifs is 1. The number of benzene rings is 1. The Labute approximate surface area is 235 Å². The van der Waals surface area contributed by atoms with Crippen molar-refractivity contribution < 1.29 is 41.4 Å². The van der Waals surface area contributed by atoms with Crippen molar-refractivity contribution in [1.29, 1.82) is 0 Å². The van der Waals surface area contributed by atoms with E-state index in [-0.39, 0.29) is 11.7 Å². The first-order valence-corrected chi connectivity index (χ1v) is 14.2. The molecule has 0 saturated carbocycles. The van der Waals surface area contributed by atoms with Crippen LogP contribution in [-0.2, 0) is 25.8 Å². The second-order valence-corrected chi connectivity index (χ2v) is 11.8. The van der Waals surface area contributed by atoms with E-state index < -0.39 is 33.7 Å². The standard InChI is InChI=1S/C23H27F3N4O2S.C4H4O4/c1-16(2)15-33(31,32)30-9-8-19-20(17-4-6-18(7-5-17)23(24,25)26)14-21(27-22(19)30)29-12-10-28(3)11-13-29;5-3(6)1-2-4(7)8/h4-9,14,16H,10-13,15H2,1-3H3;1-2H,(H,5,6)(H,7,8)/b;2-1+. The summed E-state index contributed by atoms with van der Waals surface area (Å²) in [4.78, 5) is 28.1. The summed E-state index contributed by atoms with van der Waals surface area (Å²) in [5.41, 5.74) is 0.792. The summed E-state index contributed by atoms with van der Waals surface area (Å²) in [5.74, 6) is -2.00. The van der Waals surface area contributed by atoms with Crippen LogP contribution in [0, 0.1) is 5.92 Å². The SMILES string of the molecule is CC(C)CS(=O)(=O)n1ccc2c(-c3ccc(C(F)(F)F)cc3)cc(N3CCN(C)CC3)nc21.O=C(O)/C=C/C(=O)O. The molecule has 4 rings (SSSR count). The van der Waals surface area contributed by atoms with Crippen LogP contribution < -0.4 is 4.90 Å². The van der Waals surface area contributed by atoms with E-state index in [1.807, 2.05) is 27.0 Å². The minimum absolute atomic E-state index is 0.0349. The molecule has 3 aromatic rings. The van der Waals surface area contributed by atoms with Crippen LogP contribution in [0.5, 0.6) is 0 Å². The van der Waals surface area contributed by atoms with E-state index in [0.717, 1.165) is 38.3 Å². The Kier molecular flexibility index (Phi) is 9.81. The lowest BCUT2D eigenvalue weighted by Gasteiger charge is -2.33. The smallest absolute Gasteiger partial charge is 0.416 e. The van der Waals surface area contributed by atoms with Gasteiger partial charge >= 0.3 is 18.1 Å². The van der Waals surface area contributed by atoms with Gasteiger partial charge in [-0.2, -0.15) is 13.2 Å². The number of carbonyl (C=O) groups is 2. The van der Waals surface area contributed by atoms with Crippen LogP contribution in [-0.4, -0.2) is 83.4 Å². The first-order valence-electron chi connectivity index (χ1n) is 12.6. The molecule has 1 fully saturated rings. The van der Waals surface area contributed by atoms with Gasteiger partial charge in [0.05, 0.1) is 11.3 Å². The molecule has 14 heteroatoms. The lowest BCUT2D eigenvalue weighted by Crippen LogP contribution is -2.44. The number of hydrogen-bond acceptors (Lipinski definition) is 7. The average molecular weight is 597 g/mol. The Bertz CT molecular complexity index is 1510. The molecule has 1 aliphatic heterocycles. The zero-order chi connectivity index (χ0) is 30.5.